The van der Waals surface area contributed by atoms with Crippen molar-refractivity contribution >= 4 is 5.91 Å². The molecule has 0 aliphatic carbocycles. The Balaban J connectivity index is 1.42. The number of para-hydroxylation sites is 2. The van der Waals surface area contributed by atoms with E-state index in [0.29, 0.717) is 4.57 Å². The molecule has 2 aliphatic heterocycles. The Hall–Kier alpha value is -3.94. The molecular weight excluding hydrogens is 511 g/mol. The van der Waals surface area contributed by atoms with E-state index >= 15 is 4.39 Å². The van der Waals surface area contributed by atoms with Crippen LogP contribution in [0.15, 0.2) is 52.2 Å². The molecule has 4 N–H and O–H groups in total. The third-order valence-corrected chi connectivity index (χ3v) is 6.62. The van der Waals surface area contributed by atoms with Crippen molar-refractivity contribution in [1.82, 2.24) is 14.9 Å². The Morgan fingerprint density at radius 2 is 1.74 bits per heavy atom. The van der Waals surface area contributed by atoms with Crippen molar-refractivity contribution in [2.24, 2.45) is 0 Å². The number of aliphatic hydroxyl groups excluding tert-OH is 1. The summed E-state index contributed by atoms with van der Waals surface area (Å²) in [6.07, 6.45) is -5.87. The van der Waals surface area contributed by atoms with Gasteiger partial charge in [0.2, 0.25) is 12.1 Å². The van der Waals surface area contributed by atoms with Gasteiger partial charge in [0.15, 0.2) is 23.1 Å². The van der Waals surface area contributed by atoms with Crippen LogP contribution in [-0.4, -0.2) is 44.1 Å². The van der Waals surface area contributed by atoms with E-state index in [1.54, 1.807) is 6.92 Å². The number of carbonyl (C=O) groups is 1. The number of nitrogens with zero attached hydrogens (tertiary/aromatic N) is 1. The largest absolute Gasteiger partial charge is 0.450 e. The number of aromatic nitrogens is 2. The van der Waals surface area contributed by atoms with Crippen LogP contribution in [0.3, 0.4) is 0 Å². The second-order valence-electron chi connectivity index (χ2n) is 8.97. The molecule has 1 fully saturated rings. The lowest BCUT2D eigenvalue weighted by atomic mass is 9.93. The molecule has 2 aliphatic rings. The van der Waals surface area contributed by atoms with E-state index in [-0.39, 0.29) is 34.6 Å². The molecule has 5 rings (SSSR count). The van der Waals surface area contributed by atoms with E-state index in [4.69, 9.17) is 9.47 Å². The van der Waals surface area contributed by atoms with Gasteiger partial charge in [-0.15, -0.1) is 0 Å². The summed E-state index contributed by atoms with van der Waals surface area (Å²) < 4.78 is 55.1. The van der Waals surface area contributed by atoms with Gasteiger partial charge >= 0.3 is 5.69 Å². The number of ether oxygens (including phenoxy) is 2. The number of fused-ring (bicyclic) bond motifs is 2. The molecule has 1 saturated heterocycles. The summed E-state index contributed by atoms with van der Waals surface area (Å²) in [4.78, 5) is 39.1. The van der Waals surface area contributed by atoms with Crippen molar-refractivity contribution in [2.45, 2.75) is 50.1 Å². The van der Waals surface area contributed by atoms with Crippen LogP contribution in [-0.2, 0) is 21.9 Å². The SMILES string of the molecule is CCc1cn([C@]2(O)O[C@H](CC(=O)NC3c4cccc(F)c4Oc4c(F)cccc43)[C@@H](O)C2F)c(=O)[nH]c1=O. The van der Waals surface area contributed by atoms with E-state index in [0.717, 1.165) is 18.3 Å². The minimum atomic E-state index is -3.01. The molecule has 200 valence electrons. The van der Waals surface area contributed by atoms with Crippen molar-refractivity contribution in [3.05, 3.63) is 91.8 Å². The van der Waals surface area contributed by atoms with Gasteiger partial charge in [-0.2, -0.15) is 0 Å². The number of alkyl halides is 1. The Morgan fingerprint density at radius 1 is 1.13 bits per heavy atom. The second-order valence-corrected chi connectivity index (χ2v) is 8.97. The minimum absolute atomic E-state index is 0.0424. The first kappa shape index (κ1) is 25.7. The molecular formula is C25H22F3N3O7. The van der Waals surface area contributed by atoms with Crippen LogP contribution in [0.1, 0.15) is 36.1 Å². The lowest BCUT2D eigenvalue weighted by Gasteiger charge is -2.29. The molecule has 10 nitrogen and oxygen atoms in total. The highest BCUT2D eigenvalue weighted by Crippen LogP contribution is 2.45. The summed E-state index contributed by atoms with van der Waals surface area (Å²) >= 11 is 0. The quantitative estimate of drug-likeness (QED) is 0.389. The second kappa shape index (κ2) is 9.42. The summed E-state index contributed by atoms with van der Waals surface area (Å²) in [6, 6.07) is 6.86. The average molecular weight is 533 g/mol. The van der Waals surface area contributed by atoms with Crippen molar-refractivity contribution < 1.29 is 37.7 Å². The number of aliphatic hydroxyl groups is 2. The number of aromatic amines is 1. The van der Waals surface area contributed by atoms with E-state index in [2.05, 4.69) is 5.32 Å². The van der Waals surface area contributed by atoms with Crippen LogP contribution in [0.2, 0.25) is 0 Å². The number of halogens is 3. The molecule has 1 aromatic heterocycles. The highest BCUT2D eigenvalue weighted by molar-refractivity contribution is 5.78. The van der Waals surface area contributed by atoms with Gasteiger partial charge in [-0.3, -0.25) is 14.6 Å². The fourth-order valence-corrected chi connectivity index (χ4v) is 4.67. The van der Waals surface area contributed by atoms with Crippen LogP contribution < -0.4 is 21.3 Å². The van der Waals surface area contributed by atoms with Gasteiger partial charge in [0, 0.05) is 22.9 Å². The lowest BCUT2D eigenvalue weighted by molar-refractivity contribution is -0.277. The maximum Gasteiger partial charge on any atom is 0.332 e. The number of nitrogens with one attached hydrogen (secondary N) is 2. The van der Waals surface area contributed by atoms with Crippen LogP contribution in [0, 0.1) is 11.6 Å². The number of carbonyl (C=O) groups excluding carboxylic acids is 1. The van der Waals surface area contributed by atoms with Gasteiger partial charge in [-0.25, -0.2) is 22.5 Å². The fraction of sp³-hybridized carbons (Fsp3) is 0.320. The molecule has 4 atom stereocenters. The first-order chi connectivity index (χ1) is 18.0. The predicted molar refractivity (Wildman–Crippen MR) is 124 cm³/mol. The number of rotatable bonds is 5. The van der Waals surface area contributed by atoms with Gasteiger partial charge in [-0.1, -0.05) is 31.2 Å². The molecule has 3 heterocycles. The minimum Gasteiger partial charge on any atom is -0.450 e. The van der Waals surface area contributed by atoms with Gasteiger partial charge in [0.1, 0.15) is 12.2 Å². The molecule has 3 aromatic rings. The maximum absolute atomic E-state index is 15.1. The molecule has 0 radical (unpaired) electrons. The third-order valence-electron chi connectivity index (χ3n) is 6.62. The number of amides is 1. The third kappa shape index (κ3) is 4.08. The standard InChI is InChI=1S/C25H22F3N3O7/c1-2-11-10-31(24(35)30-23(11)34)25(36)22(28)19(33)16(38-25)9-17(32)29-18-12-5-3-7-14(26)20(12)37-21-13(18)6-4-8-15(21)27/h3-8,10,16,18-19,22,33,36H,2,9H2,1H3,(H,29,32)(H,30,34,35)/t16-,19-,22?,25-/m1/s1. The number of hydrogen-bond donors (Lipinski definition) is 4. The number of hydrogen-bond acceptors (Lipinski definition) is 7. The molecule has 0 bridgehead atoms. The zero-order valence-corrected chi connectivity index (χ0v) is 19.8. The van der Waals surface area contributed by atoms with Gasteiger partial charge < -0.3 is 25.0 Å². The van der Waals surface area contributed by atoms with Crippen LogP contribution in [0.4, 0.5) is 13.2 Å². The molecule has 0 saturated carbocycles. The number of H-pyrrole nitrogens is 1. The highest BCUT2D eigenvalue weighted by Gasteiger charge is 2.57. The van der Waals surface area contributed by atoms with Crippen LogP contribution in [0.5, 0.6) is 11.5 Å². The molecule has 38 heavy (non-hydrogen) atoms. The molecule has 1 unspecified atom stereocenters. The molecule has 2 aromatic carbocycles. The Bertz CT molecular complexity index is 1490. The van der Waals surface area contributed by atoms with Gasteiger partial charge in [0.05, 0.1) is 12.5 Å². The molecule has 0 spiro atoms. The molecule has 1 amide bonds. The van der Waals surface area contributed by atoms with Crippen molar-refractivity contribution in [3.63, 3.8) is 0 Å². The topological polar surface area (TPSA) is 143 Å². The average Bonchev–Trinajstić information content (AvgIpc) is 3.09. The zero-order valence-electron chi connectivity index (χ0n) is 19.8. The number of aryl methyl sites for hydroxylation is 1. The summed E-state index contributed by atoms with van der Waals surface area (Å²) in [5, 5.41) is 23.9. The van der Waals surface area contributed by atoms with E-state index < -0.39 is 65.5 Å². The van der Waals surface area contributed by atoms with Gasteiger partial charge in [0.25, 0.3) is 11.5 Å². The maximum atomic E-state index is 15.1. The highest BCUT2D eigenvalue weighted by atomic mass is 19.1. The smallest absolute Gasteiger partial charge is 0.332 e. The van der Waals surface area contributed by atoms with E-state index in [9.17, 15) is 33.4 Å². The summed E-state index contributed by atoms with van der Waals surface area (Å²) in [5.74, 6) is -5.97. The fourth-order valence-electron chi connectivity index (χ4n) is 4.67. The summed E-state index contributed by atoms with van der Waals surface area (Å²) in [5.41, 5.74) is -1.49. The first-order valence-corrected chi connectivity index (χ1v) is 11.7. The Kier molecular flexibility index (Phi) is 6.37. The van der Waals surface area contributed by atoms with Crippen molar-refractivity contribution in [1.29, 1.82) is 0 Å². The monoisotopic (exact) mass is 533 g/mol. The van der Waals surface area contributed by atoms with Crippen molar-refractivity contribution in [3.8, 4) is 11.5 Å². The zero-order chi connectivity index (χ0) is 27.4. The summed E-state index contributed by atoms with van der Waals surface area (Å²) in [7, 11) is 0. The Morgan fingerprint density at radius 3 is 2.32 bits per heavy atom. The Labute approximate surface area is 212 Å². The van der Waals surface area contributed by atoms with Crippen LogP contribution >= 0.6 is 0 Å². The first-order valence-electron chi connectivity index (χ1n) is 11.7. The van der Waals surface area contributed by atoms with E-state index in [1.165, 1.54) is 24.3 Å². The van der Waals surface area contributed by atoms with Gasteiger partial charge in [-0.05, 0) is 18.6 Å². The van der Waals surface area contributed by atoms with Crippen LogP contribution in [0.25, 0.3) is 0 Å². The lowest BCUT2D eigenvalue weighted by Crippen LogP contribution is -2.50. The normalized spacial score (nSPS) is 24.4. The molecule has 13 heteroatoms. The summed E-state index contributed by atoms with van der Waals surface area (Å²) in [6.45, 7) is 1.60. The number of benzene rings is 2. The predicted octanol–water partition coefficient (Wildman–Crippen LogP) is 1.48. The van der Waals surface area contributed by atoms with E-state index in [1.807, 2.05) is 4.98 Å². The van der Waals surface area contributed by atoms with Crippen molar-refractivity contribution in [2.75, 3.05) is 0 Å².